The maximum Gasteiger partial charge on any atom is 0.307 e. The molecule has 3 heteroatoms. The Balaban J connectivity index is 1.67. The van der Waals surface area contributed by atoms with Crippen LogP contribution in [0.2, 0.25) is 0 Å². The number of carboxylic acid groups (broad SMARTS) is 1. The van der Waals surface area contributed by atoms with Crippen molar-refractivity contribution >= 4 is 5.97 Å². The third-order valence-electron chi connectivity index (χ3n) is 6.30. The Morgan fingerprint density at radius 3 is 1.84 bits per heavy atom. The Morgan fingerprint density at radius 1 is 0.875 bits per heavy atom. The van der Waals surface area contributed by atoms with E-state index >= 15 is 0 Å². The molecule has 1 N–H and O–H groups in total. The molecule has 32 heavy (non-hydrogen) atoms. The first-order valence-electron chi connectivity index (χ1n) is 11.3. The summed E-state index contributed by atoms with van der Waals surface area (Å²) in [5, 5.41) is 9.36. The van der Waals surface area contributed by atoms with Crippen LogP contribution >= 0.6 is 0 Å². The van der Waals surface area contributed by atoms with E-state index in [0.717, 1.165) is 42.6 Å². The lowest BCUT2D eigenvalue weighted by atomic mass is 9.70. The van der Waals surface area contributed by atoms with Crippen molar-refractivity contribution in [1.82, 2.24) is 4.90 Å². The van der Waals surface area contributed by atoms with Crippen molar-refractivity contribution in [2.24, 2.45) is 5.92 Å². The zero-order chi connectivity index (χ0) is 22.2. The maximum atomic E-state index is 11.4. The number of hydrogen-bond acceptors (Lipinski definition) is 2. The number of hydrogen-bond donors (Lipinski definition) is 1. The quantitative estimate of drug-likeness (QED) is 0.437. The van der Waals surface area contributed by atoms with E-state index in [4.69, 9.17) is 0 Å². The van der Waals surface area contributed by atoms with Gasteiger partial charge in [0.2, 0.25) is 0 Å². The molecule has 0 amide bonds. The van der Waals surface area contributed by atoms with E-state index in [1.165, 1.54) is 0 Å². The van der Waals surface area contributed by atoms with Gasteiger partial charge in [0.05, 0.1) is 5.92 Å². The van der Waals surface area contributed by atoms with Gasteiger partial charge in [-0.2, -0.15) is 0 Å². The second-order valence-corrected chi connectivity index (χ2v) is 8.38. The van der Waals surface area contributed by atoms with E-state index in [1.54, 1.807) is 0 Å². The van der Waals surface area contributed by atoms with Crippen molar-refractivity contribution in [3.05, 3.63) is 108 Å². The Kier molecular flexibility index (Phi) is 7.04. The number of aliphatic carboxylic acids is 1. The zero-order valence-electron chi connectivity index (χ0n) is 18.3. The summed E-state index contributed by atoms with van der Waals surface area (Å²) in [7, 11) is 0. The fourth-order valence-electron chi connectivity index (χ4n) is 4.65. The predicted octanol–water partition coefficient (Wildman–Crippen LogP) is 5.21. The van der Waals surface area contributed by atoms with Crippen LogP contribution in [0.3, 0.4) is 0 Å². The number of nitrogens with zero attached hydrogens (tertiary/aromatic N) is 1. The molecule has 1 aliphatic heterocycles. The standard InChI is InChI=1S/C29H29NO2/c31-28(32)24-13-12-22-30(23-24)21-11-10-20-29(25-14-4-1-5-15-25,26-16-6-2-7-17-26)27-18-8-3-9-19-27/h1-9,14-19,24H,11-13,21-23H2,(H,31,32). The average molecular weight is 424 g/mol. The molecular formula is C29H29NO2. The SMILES string of the molecule is O=C(O)C1CCCN(CCC#CC(c2ccccc2)(c2ccccc2)c2ccccc2)C1. The molecule has 3 aromatic rings. The lowest BCUT2D eigenvalue weighted by Crippen LogP contribution is -2.39. The largest absolute Gasteiger partial charge is 0.481 e. The van der Waals surface area contributed by atoms with Crippen LogP contribution in [0.4, 0.5) is 0 Å². The Hall–Kier alpha value is -3.35. The van der Waals surface area contributed by atoms with E-state index in [9.17, 15) is 9.90 Å². The molecule has 0 saturated carbocycles. The third-order valence-corrected chi connectivity index (χ3v) is 6.30. The van der Waals surface area contributed by atoms with Gasteiger partial charge < -0.3 is 10.0 Å². The number of carboxylic acids is 1. The normalized spacial score (nSPS) is 16.7. The van der Waals surface area contributed by atoms with Gasteiger partial charge in [-0.15, -0.1) is 5.92 Å². The molecule has 1 saturated heterocycles. The van der Waals surface area contributed by atoms with Crippen molar-refractivity contribution in [2.45, 2.75) is 24.7 Å². The number of benzene rings is 3. The topological polar surface area (TPSA) is 40.5 Å². The summed E-state index contributed by atoms with van der Waals surface area (Å²) in [6, 6.07) is 31.4. The van der Waals surface area contributed by atoms with Gasteiger partial charge in [0.25, 0.3) is 0 Å². The van der Waals surface area contributed by atoms with Gasteiger partial charge in [-0.1, -0.05) is 96.9 Å². The van der Waals surface area contributed by atoms with Gasteiger partial charge in [0, 0.05) is 19.5 Å². The van der Waals surface area contributed by atoms with E-state index in [1.807, 2.05) is 18.2 Å². The van der Waals surface area contributed by atoms with Crippen molar-refractivity contribution in [3.63, 3.8) is 0 Å². The molecule has 1 heterocycles. The second-order valence-electron chi connectivity index (χ2n) is 8.38. The first kappa shape index (κ1) is 21.9. The molecule has 4 rings (SSSR count). The molecule has 1 atom stereocenters. The summed E-state index contributed by atoms with van der Waals surface area (Å²) in [6.45, 7) is 2.37. The van der Waals surface area contributed by atoms with Crippen molar-refractivity contribution in [1.29, 1.82) is 0 Å². The smallest absolute Gasteiger partial charge is 0.307 e. The van der Waals surface area contributed by atoms with Crippen LogP contribution < -0.4 is 0 Å². The summed E-state index contributed by atoms with van der Waals surface area (Å²) in [6.07, 6.45) is 2.42. The van der Waals surface area contributed by atoms with Gasteiger partial charge in [0.1, 0.15) is 5.41 Å². The molecule has 0 aromatic heterocycles. The molecule has 1 fully saturated rings. The highest BCUT2D eigenvalue weighted by Crippen LogP contribution is 2.38. The van der Waals surface area contributed by atoms with Gasteiger partial charge in [-0.05, 0) is 36.1 Å². The van der Waals surface area contributed by atoms with Crippen molar-refractivity contribution < 1.29 is 9.90 Å². The summed E-state index contributed by atoms with van der Waals surface area (Å²) in [5.41, 5.74) is 2.88. The van der Waals surface area contributed by atoms with Gasteiger partial charge >= 0.3 is 5.97 Å². The van der Waals surface area contributed by atoms with E-state index in [0.29, 0.717) is 13.0 Å². The summed E-state index contributed by atoms with van der Waals surface area (Å²) < 4.78 is 0. The molecule has 0 spiro atoms. The van der Waals surface area contributed by atoms with Crippen LogP contribution in [-0.2, 0) is 10.2 Å². The van der Waals surface area contributed by atoms with Crippen molar-refractivity contribution in [2.75, 3.05) is 19.6 Å². The lowest BCUT2D eigenvalue weighted by Gasteiger charge is -2.31. The van der Waals surface area contributed by atoms with Gasteiger partial charge in [-0.3, -0.25) is 4.79 Å². The summed E-state index contributed by atoms with van der Waals surface area (Å²) >= 11 is 0. The fourth-order valence-corrected chi connectivity index (χ4v) is 4.65. The highest BCUT2D eigenvalue weighted by molar-refractivity contribution is 5.70. The molecule has 3 aromatic carbocycles. The molecule has 3 nitrogen and oxygen atoms in total. The summed E-state index contributed by atoms with van der Waals surface area (Å²) in [4.78, 5) is 13.6. The molecule has 0 bridgehead atoms. The molecule has 162 valence electrons. The van der Waals surface area contributed by atoms with Crippen LogP contribution in [0.15, 0.2) is 91.0 Å². The van der Waals surface area contributed by atoms with Crippen LogP contribution in [0, 0.1) is 17.8 Å². The van der Waals surface area contributed by atoms with Crippen LogP contribution in [0.25, 0.3) is 0 Å². The number of carbonyl (C=O) groups is 1. The fraction of sp³-hybridized carbons (Fsp3) is 0.276. The Morgan fingerprint density at radius 2 is 1.38 bits per heavy atom. The predicted molar refractivity (Wildman–Crippen MR) is 128 cm³/mol. The second kappa shape index (κ2) is 10.3. The third kappa shape index (κ3) is 4.77. The van der Waals surface area contributed by atoms with Crippen LogP contribution in [-0.4, -0.2) is 35.6 Å². The Bertz CT molecular complexity index is 971. The highest BCUT2D eigenvalue weighted by Gasteiger charge is 2.34. The lowest BCUT2D eigenvalue weighted by molar-refractivity contribution is -0.143. The zero-order valence-corrected chi connectivity index (χ0v) is 18.3. The minimum absolute atomic E-state index is 0.256. The Labute approximate surface area is 190 Å². The molecule has 0 aliphatic carbocycles. The number of piperidine rings is 1. The average Bonchev–Trinajstić information content (AvgIpc) is 2.86. The van der Waals surface area contributed by atoms with Gasteiger partial charge in [-0.25, -0.2) is 0 Å². The van der Waals surface area contributed by atoms with Crippen LogP contribution in [0.1, 0.15) is 36.0 Å². The number of rotatable bonds is 6. The number of likely N-dealkylation sites (tertiary alicyclic amines) is 1. The van der Waals surface area contributed by atoms with Crippen LogP contribution in [0.5, 0.6) is 0 Å². The minimum Gasteiger partial charge on any atom is -0.481 e. The summed E-state index contributed by atoms with van der Waals surface area (Å²) in [5.74, 6) is 6.20. The van der Waals surface area contributed by atoms with Gasteiger partial charge in [0.15, 0.2) is 0 Å². The highest BCUT2D eigenvalue weighted by atomic mass is 16.4. The molecule has 1 aliphatic rings. The molecule has 1 unspecified atom stereocenters. The first-order valence-corrected chi connectivity index (χ1v) is 11.3. The minimum atomic E-state index is -0.683. The van der Waals surface area contributed by atoms with E-state index in [-0.39, 0.29) is 5.92 Å². The van der Waals surface area contributed by atoms with Crippen molar-refractivity contribution in [3.8, 4) is 11.8 Å². The molecule has 0 radical (unpaired) electrons. The maximum absolute atomic E-state index is 11.4. The van der Waals surface area contributed by atoms with E-state index in [2.05, 4.69) is 89.5 Å². The first-order chi connectivity index (χ1) is 15.7. The molecular weight excluding hydrogens is 394 g/mol. The van der Waals surface area contributed by atoms with E-state index < -0.39 is 11.4 Å². The monoisotopic (exact) mass is 423 g/mol.